The van der Waals surface area contributed by atoms with Gasteiger partial charge < -0.3 is 20.0 Å². The Hall–Kier alpha value is -1.30. The summed E-state index contributed by atoms with van der Waals surface area (Å²) in [4.78, 5) is 26.0. The highest BCUT2D eigenvalue weighted by atomic mass is 16.4. The third kappa shape index (κ3) is 3.87. The summed E-state index contributed by atoms with van der Waals surface area (Å²) in [5.74, 6) is -0.774. The van der Waals surface area contributed by atoms with Gasteiger partial charge in [0.25, 0.3) is 0 Å². The van der Waals surface area contributed by atoms with Gasteiger partial charge in [0.2, 0.25) is 0 Å². The first-order chi connectivity index (χ1) is 8.45. The number of aliphatic carboxylic acids is 1. The maximum atomic E-state index is 12.1. The maximum absolute atomic E-state index is 12.1. The molecule has 1 saturated heterocycles. The smallest absolute Gasteiger partial charge is 0.320 e. The van der Waals surface area contributed by atoms with E-state index in [1.54, 1.807) is 18.9 Å². The predicted molar refractivity (Wildman–Crippen MR) is 66.3 cm³/mol. The standard InChI is InChI=1S/C12H22N2O4/c1-9(8-15)13(2)12(18)14-5-3-4-10(7-14)6-11(16)17/h9-10,15H,3-8H2,1-2H3,(H,16,17). The summed E-state index contributed by atoms with van der Waals surface area (Å²) >= 11 is 0. The first-order valence-electron chi connectivity index (χ1n) is 6.30. The predicted octanol–water partition coefficient (Wildman–Crippen LogP) is 0.606. The Morgan fingerprint density at radius 2 is 2.17 bits per heavy atom. The summed E-state index contributed by atoms with van der Waals surface area (Å²) in [6, 6.07) is -0.357. The molecule has 2 N–H and O–H groups in total. The molecule has 0 aromatic carbocycles. The van der Waals surface area contributed by atoms with Crippen LogP contribution in [-0.4, -0.2) is 64.8 Å². The number of nitrogens with zero attached hydrogens (tertiary/aromatic N) is 2. The van der Waals surface area contributed by atoms with Gasteiger partial charge in [0.15, 0.2) is 0 Å². The lowest BCUT2D eigenvalue weighted by atomic mass is 9.95. The molecule has 0 radical (unpaired) electrons. The summed E-state index contributed by atoms with van der Waals surface area (Å²) in [5, 5.41) is 17.8. The second-order valence-electron chi connectivity index (χ2n) is 4.98. The number of urea groups is 1. The molecule has 0 aromatic heterocycles. The maximum Gasteiger partial charge on any atom is 0.320 e. The molecule has 104 valence electrons. The van der Waals surface area contributed by atoms with Crippen molar-refractivity contribution >= 4 is 12.0 Å². The van der Waals surface area contributed by atoms with Gasteiger partial charge in [0, 0.05) is 26.6 Å². The van der Waals surface area contributed by atoms with Crippen LogP contribution in [0.15, 0.2) is 0 Å². The van der Waals surface area contributed by atoms with Crippen molar-refractivity contribution in [2.24, 2.45) is 5.92 Å². The van der Waals surface area contributed by atoms with E-state index >= 15 is 0 Å². The molecular formula is C12H22N2O4. The largest absolute Gasteiger partial charge is 0.481 e. The number of amides is 2. The summed E-state index contributed by atoms with van der Waals surface area (Å²) in [5.41, 5.74) is 0. The van der Waals surface area contributed by atoms with Crippen molar-refractivity contribution in [1.29, 1.82) is 0 Å². The van der Waals surface area contributed by atoms with Crippen LogP contribution in [-0.2, 0) is 4.79 Å². The Bertz CT molecular complexity index is 308. The minimum Gasteiger partial charge on any atom is -0.481 e. The number of carboxylic acids is 1. The highest BCUT2D eigenvalue weighted by Crippen LogP contribution is 2.20. The molecule has 0 spiro atoms. The fourth-order valence-corrected chi connectivity index (χ4v) is 2.19. The van der Waals surface area contributed by atoms with Gasteiger partial charge >= 0.3 is 12.0 Å². The molecule has 1 heterocycles. The summed E-state index contributed by atoms with van der Waals surface area (Å²) in [6.07, 6.45) is 1.81. The number of carbonyl (C=O) groups is 2. The zero-order chi connectivity index (χ0) is 13.7. The van der Waals surface area contributed by atoms with Crippen molar-refractivity contribution in [2.75, 3.05) is 26.7 Å². The van der Waals surface area contributed by atoms with Crippen LogP contribution in [0.3, 0.4) is 0 Å². The van der Waals surface area contributed by atoms with Crippen LogP contribution < -0.4 is 0 Å². The summed E-state index contributed by atoms with van der Waals surface area (Å²) < 4.78 is 0. The fraction of sp³-hybridized carbons (Fsp3) is 0.833. The number of hydrogen-bond donors (Lipinski definition) is 2. The number of likely N-dealkylation sites (N-methyl/N-ethyl adjacent to an activating group) is 1. The molecule has 0 aliphatic carbocycles. The van der Waals surface area contributed by atoms with E-state index in [1.165, 1.54) is 4.90 Å². The van der Waals surface area contributed by atoms with Crippen LogP contribution >= 0.6 is 0 Å². The van der Waals surface area contributed by atoms with Crippen molar-refractivity contribution in [2.45, 2.75) is 32.2 Å². The Kier molecular flexibility index (Phi) is 5.40. The average molecular weight is 258 g/mol. The molecule has 2 unspecified atom stereocenters. The third-order valence-electron chi connectivity index (χ3n) is 3.48. The number of rotatable bonds is 4. The van der Waals surface area contributed by atoms with Crippen LogP contribution in [0.25, 0.3) is 0 Å². The van der Waals surface area contributed by atoms with E-state index in [0.717, 1.165) is 12.8 Å². The Morgan fingerprint density at radius 1 is 1.50 bits per heavy atom. The van der Waals surface area contributed by atoms with Gasteiger partial charge in [0.05, 0.1) is 12.6 Å². The van der Waals surface area contributed by atoms with E-state index < -0.39 is 5.97 Å². The Morgan fingerprint density at radius 3 is 2.72 bits per heavy atom. The fourth-order valence-electron chi connectivity index (χ4n) is 2.19. The topological polar surface area (TPSA) is 81.1 Å². The van der Waals surface area contributed by atoms with Crippen molar-refractivity contribution in [3.8, 4) is 0 Å². The number of hydrogen-bond acceptors (Lipinski definition) is 3. The monoisotopic (exact) mass is 258 g/mol. The molecular weight excluding hydrogens is 236 g/mol. The van der Waals surface area contributed by atoms with E-state index in [-0.39, 0.29) is 31.0 Å². The van der Waals surface area contributed by atoms with Gasteiger partial charge in [-0.1, -0.05) is 0 Å². The van der Waals surface area contributed by atoms with Crippen molar-refractivity contribution < 1.29 is 19.8 Å². The number of carboxylic acid groups (broad SMARTS) is 1. The molecule has 1 aliphatic heterocycles. The number of likely N-dealkylation sites (tertiary alicyclic amines) is 1. The number of piperidine rings is 1. The van der Waals surface area contributed by atoms with Crippen molar-refractivity contribution in [3.05, 3.63) is 0 Å². The second-order valence-corrected chi connectivity index (χ2v) is 4.98. The van der Waals surface area contributed by atoms with Gasteiger partial charge in [-0.05, 0) is 25.7 Å². The van der Waals surface area contributed by atoms with E-state index in [2.05, 4.69) is 0 Å². The first-order valence-corrected chi connectivity index (χ1v) is 6.30. The highest BCUT2D eigenvalue weighted by Gasteiger charge is 2.28. The molecule has 2 amide bonds. The van der Waals surface area contributed by atoms with E-state index in [4.69, 9.17) is 10.2 Å². The van der Waals surface area contributed by atoms with Crippen molar-refractivity contribution in [3.63, 3.8) is 0 Å². The molecule has 0 aromatic rings. The molecule has 1 fully saturated rings. The normalized spacial score (nSPS) is 21.5. The average Bonchev–Trinajstić information content (AvgIpc) is 2.35. The molecule has 1 rings (SSSR count). The minimum atomic E-state index is -0.814. The molecule has 6 nitrogen and oxygen atoms in total. The van der Waals surface area contributed by atoms with Crippen LogP contribution in [0.2, 0.25) is 0 Å². The SMILES string of the molecule is CC(CO)N(C)C(=O)N1CCCC(CC(=O)O)C1. The van der Waals surface area contributed by atoms with Gasteiger partial charge in [-0.15, -0.1) is 0 Å². The van der Waals surface area contributed by atoms with Gasteiger partial charge in [-0.2, -0.15) is 0 Å². The lowest BCUT2D eigenvalue weighted by Crippen LogP contribution is -2.49. The van der Waals surface area contributed by atoms with Crippen LogP contribution in [0.1, 0.15) is 26.2 Å². The molecule has 6 heteroatoms. The lowest BCUT2D eigenvalue weighted by molar-refractivity contribution is -0.138. The van der Waals surface area contributed by atoms with Crippen LogP contribution in [0, 0.1) is 5.92 Å². The van der Waals surface area contributed by atoms with Crippen LogP contribution in [0.4, 0.5) is 4.79 Å². The summed E-state index contributed by atoms with van der Waals surface area (Å²) in [7, 11) is 1.66. The quantitative estimate of drug-likeness (QED) is 0.774. The highest BCUT2D eigenvalue weighted by molar-refractivity contribution is 5.74. The van der Waals surface area contributed by atoms with Crippen molar-refractivity contribution in [1.82, 2.24) is 9.80 Å². The second kappa shape index (κ2) is 6.58. The minimum absolute atomic E-state index is 0.0398. The third-order valence-corrected chi connectivity index (χ3v) is 3.48. The van der Waals surface area contributed by atoms with E-state index in [0.29, 0.717) is 13.1 Å². The molecule has 2 atom stereocenters. The molecule has 1 aliphatic rings. The number of aliphatic hydroxyl groups is 1. The van der Waals surface area contributed by atoms with Gasteiger partial charge in [-0.25, -0.2) is 4.79 Å². The van der Waals surface area contributed by atoms with E-state index in [1.807, 2.05) is 0 Å². The van der Waals surface area contributed by atoms with Gasteiger partial charge in [-0.3, -0.25) is 4.79 Å². The Balaban J connectivity index is 2.55. The summed E-state index contributed by atoms with van der Waals surface area (Å²) in [6.45, 7) is 2.86. The number of aliphatic hydroxyl groups excluding tert-OH is 1. The zero-order valence-electron chi connectivity index (χ0n) is 11.0. The lowest BCUT2D eigenvalue weighted by Gasteiger charge is -2.36. The molecule has 0 saturated carbocycles. The van der Waals surface area contributed by atoms with Crippen LogP contribution in [0.5, 0.6) is 0 Å². The Labute approximate surface area is 107 Å². The van der Waals surface area contributed by atoms with Gasteiger partial charge in [0.1, 0.15) is 0 Å². The first kappa shape index (κ1) is 14.8. The zero-order valence-corrected chi connectivity index (χ0v) is 11.0. The molecule has 18 heavy (non-hydrogen) atoms. The number of carbonyl (C=O) groups excluding carboxylic acids is 1. The van der Waals surface area contributed by atoms with E-state index in [9.17, 15) is 9.59 Å². The molecule has 0 bridgehead atoms.